The molecule has 1 saturated carbocycles. The van der Waals surface area contributed by atoms with E-state index in [1.165, 1.54) is 25.2 Å². The maximum atomic E-state index is 12.8. The van der Waals surface area contributed by atoms with Crippen LogP contribution in [0.25, 0.3) is 5.78 Å². The maximum absolute atomic E-state index is 12.8. The van der Waals surface area contributed by atoms with E-state index in [0.29, 0.717) is 24.6 Å². The SMILES string of the molecule is CS(=O)(=O)c1cnc2ncnn2c1C1CCN(C(=O)C2CCCCC2)CC1. The van der Waals surface area contributed by atoms with Crippen LogP contribution in [0.15, 0.2) is 17.4 Å². The molecule has 8 nitrogen and oxygen atoms in total. The van der Waals surface area contributed by atoms with Gasteiger partial charge in [0.25, 0.3) is 5.78 Å². The highest BCUT2D eigenvalue weighted by molar-refractivity contribution is 7.90. The highest BCUT2D eigenvalue weighted by Gasteiger charge is 2.32. The number of carbonyl (C=O) groups is 1. The zero-order valence-corrected chi connectivity index (χ0v) is 16.4. The third-order valence-corrected chi connectivity index (χ3v) is 6.97. The van der Waals surface area contributed by atoms with Gasteiger partial charge in [-0.1, -0.05) is 19.3 Å². The topological polar surface area (TPSA) is 97.5 Å². The monoisotopic (exact) mass is 391 g/mol. The van der Waals surface area contributed by atoms with Crippen molar-refractivity contribution in [2.45, 2.75) is 55.8 Å². The third-order valence-electron chi connectivity index (χ3n) is 5.85. The van der Waals surface area contributed by atoms with E-state index in [1.807, 2.05) is 4.90 Å². The van der Waals surface area contributed by atoms with Crippen LogP contribution in [0.2, 0.25) is 0 Å². The summed E-state index contributed by atoms with van der Waals surface area (Å²) in [5, 5.41) is 4.19. The molecule has 0 unspecified atom stereocenters. The predicted molar refractivity (Wildman–Crippen MR) is 99.0 cm³/mol. The van der Waals surface area contributed by atoms with Crippen molar-refractivity contribution in [2.75, 3.05) is 19.3 Å². The van der Waals surface area contributed by atoms with E-state index in [-0.39, 0.29) is 22.6 Å². The Morgan fingerprint density at radius 3 is 2.44 bits per heavy atom. The Balaban J connectivity index is 1.56. The zero-order chi connectivity index (χ0) is 19.0. The number of carbonyl (C=O) groups excluding carboxylic acids is 1. The highest BCUT2D eigenvalue weighted by Crippen LogP contribution is 2.33. The lowest BCUT2D eigenvalue weighted by Crippen LogP contribution is -2.42. The molecular weight excluding hydrogens is 366 g/mol. The van der Waals surface area contributed by atoms with E-state index in [2.05, 4.69) is 15.1 Å². The number of rotatable bonds is 3. The summed E-state index contributed by atoms with van der Waals surface area (Å²) in [4.78, 5) is 23.2. The van der Waals surface area contributed by atoms with Gasteiger partial charge in [-0.3, -0.25) is 4.79 Å². The number of hydrogen-bond donors (Lipinski definition) is 0. The number of hydrogen-bond acceptors (Lipinski definition) is 6. The van der Waals surface area contributed by atoms with E-state index >= 15 is 0 Å². The van der Waals surface area contributed by atoms with Gasteiger partial charge in [-0.05, 0) is 25.7 Å². The Morgan fingerprint density at radius 2 is 1.78 bits per heavy atom. The first-order chi connectivity index (χ1) is 12.9. The summed E-state index contributed by atoms with van der Waals surface area (Å²) >= 11 is 0. The van der Waals surface area contributed by atoms with Crippen molar-refractivity contribution >= 4 is 21.5 Å². The first-order valence-electron chi connectivity index (χ1n) is 9.62. The van der Waals surface area contributed by atoms with Gasteiger partial charge in [0.2, 0.25) is 5.91 Å². The Kier molecular flexibility index (Phi) is 4.88. The number of likely N-dealkylation sites (tertiary alicyclic amines) is 1. The summed E-state index contributed by atoms with van der Waals surface area (Å²) in [6.45, 7) is 1.31. The summed E-state index contributed by atoms with van der Waals surface area (Å²) in [5.74, 6) is 0.859. The standard InChI is InChI=1S/C18H25N5O3S/c1-27(25,26)15-11-19-18-20-12-21-23(18)16(15)13-7-9-22(10-8-13)17(24)14-5-3-2-4-6-14/h11-14H,2-10H2,1H3. The minimum Gasteiger partial charge on any atom is -0.342 e. The fraction of sp³-hybridized carbons (Fsp3) is 0.667. The molecule has 1 aliphatic heterocycles. The molecule has 146 valence electrons. The Morgan fingerprint density at radius 1 is 1.07 bits per heavy atom. The van der Waals surface area contributed by atoms with Gasteiger partial charge in [0, 0.05) is 31.2 Å². The summed E-state index contributed by atoms with van der Waals surface area (Å²) < 4.78 is 26.1. The largest absolute Gasteiger partial charge is 0.342 e. The number of fused-ring (bicyclic) bond motifs is 1. The minimum atomic E-state index is -3.43. The summed E-state index contributed by atoms with van der Waals surface area (Å²) in [6.07, 6.45) is 10.9. The summed E-state index contributed by atoms with van der Waals surface area (Å²) in [5.41, 5.74) is 0.643. The van der Waals surface area contributed by atoms with Crippen LogP contribution in [0.1, 0.15) is 56.6 Å². The van der Waals surface area contributed by atoms with Crippen molar-refractivity contribution in [3.05, 3.63) is 18.2 Å². The molecule has 0 bridgehead atoms. The van der Waals surface area contributed by atoms with E-state index < -0.39 is 9.84 Å². The second kappa shape index (κ2) is 7.18. The molecule has 27 heavy (non-hydrogen) atoms. The molecule has 9 heteroatoms. The lowest BCUT2D eigenvalue weighted by molar-refractivity contribution is -0.137. The van der Waals surface area contributed by atoms with Gasteiger partial charge in [0.05, 0.1) is 11.9 Å². The number of nitrogens with zero attached hydrogens (tertiary/aromatic N) is 5. The number of amides is 1. The van der Waals surface area contributed by atoms with E-state index in [0.717, 1.165) is 38.5 Å². The molecule has 2 aromatic rings. The van der Waals surface area contributed by atoms with E-state index in [1.54, 1.807) is 4.52 Å². The van der Waals surface area contributed by atoms with Crippen LogP contribution >= 0.6 is 0 Å². The lowest BCUT2D eigenvalue weighted by atomic mass is 9.86. The second-order valence-electron chi connectivity index (χ2n) is 7.69. The fourth-order valence-electron chi connectivity index (χ4n) is 4.42. The van der Waals surface area contributed by atoms with Gasteiger partial charge < -0.3 is 4.90 Å². The quantitative estimate of drug-likeness (QED) is 0.791. The van der Waals surface area contributed by atoms with Crippen LogP contribution in [0.3, 0.4) is 0 Å². The van der Waals surface area contributed by atoms with Gasteiger partial charge in [-0.15, -0.1) is 0 Å². The van der Waals surface area contributed by atoms with Crippen molar-refractivity contribution < 1.29 is 13.2 Å². The molecule has 2 aliphatic rings. The molecule has 1 saturated heterocycles. The molecule has 0 radical (unpaired) electrons. The van der Waals surface area contributed by atoms with Crippen LogP contribution in [0, 0.1) is 5.92 Å². The number of sulfone groups is 1. The van der Waals surface area contributed by atoms with Crippen LogP contribution in [-0.2, 0) is 14.6 Å². The van der Waals surface area contributed by atoms with Crippen molar-refractivity contribution in [3.8, 4) is 0 Å². The average molecular weight is 391 g/mol. The lowest BCUT2D eigenvalue weighted by Gasteiger charge is -2.35. The smallest absolute Gasteiger partial charge is 0.252 e. The predicted octanol–water partition coefficient (Wildman–Crippen LogP) is 1.81. The molecule has 0 spiro atoms. The second-order valence-corrected chi connectivity index (χ2v) is 9.67. The van der Waals surface area contributed by atoms with Gasteiger partial charge in [-0.2, -0.15) is 14.6 Å². The van der Waals surface area contributed by atoms with Crippen LogP contribution in [0.5, 0.6) is 0 Å². The Labute approximate surface area is 158 Å². The normalized spacial score (nSPS) is 20.3. The maximum Gasteiger partial charge on any atom is 0.252 e. The molecule has 1 aliphatic carbocycles. The summed E-state index contributed by atoms with van der Waals surface area (Å²) in [6, 6.07) is 0. The van der Waals surface area contributed by atoms with Gasteiger partial charge in [0.1, 0.15) is 11.2 Å². The minimum absolute atomic E-state index is 0.0114. The van der Waals surface area contributed by atoms with Crippen molar-refractivity contribution in [1.82, 2.24) is 24.5 Å². The van der Waals surface area contributed by atoms with Crippen molar-refractivity contribution in [2.24, 2.45) is 5.92 Å². The molecule has 3 heterocycles. The summed E-state index contributed by atoms with van der Waals surface area (Å²) in [7, 11) is -3.43. The molecule has 0 N–H and O–H groups in total. The molecule has 1 amide bonds. The molecule has 0 aromatic carbocycles. The van der Waals surface area contributed by atoms with E-state index in [9.17, 15) is 13.2 Å². The molecule has 4 rings (SSSR count). The number of piperidine rings is 1. The van der Waals surface area contributed by atoms with Crippen LogP contribution < -0.4 is 0 Å². The van der Waals surface area contributed by atoms with Crippen molar-refractivity contribution in [1.29, 1.82) is 0 Å². The third kappa shape index (κ3) is 3.56. The van der Waals surface area contributed by atoms with Crippen LogP contribution in [-0.4, -0.2) is 58.2 Å². The number of aromatic nitrogens is 4. The van der Waals surface area contributed by atoms with Gasteiger partial charge in [-0.25, -0.2) is 13.4 Å². The Bertz CT molecular complexity index is 941. The molecular formula is C18H25N5O3S. The van der Waals surface area contributed by atoms with Gasteiger partial charge in [0.15, 0.2) is 9.84 Å². The van der Waals surface area contributed by atoms with E-state index in [4.69, 9.17) is 0 Å². The first kappa shape index (κ1) is 18.3. The zero-order valence-electron chi connectivity index (χ0n) is 15.5. The molecule has 2 aromatic heterocycles. The van der Waals surface area contributed by atoms with Gasteiger partial charge >= 0.3 is 0 Å². The molecule has 0 atom stereocenters. The molecule has 2 fully saturated rings. The highest BCUT2D eigenvalue weighted by atomic mass is 32.2. The van der Waals surface area contributed by atoms with Crippen LogP contribution in [0.4, 0.5) is 0 Å². The Hall–Kier alpha value is -2.03. The van der Waals surface area contributed by atoms with Crippen molar-refractivity contribution in [3.63, 3.8) is 0 Å². The average Bonchev–Trinajstić information content (AvgIpc) is 3.15. The first-order valence-corrected chi connectivity index (χ1v) is 11.5. The fourth-order valence-corrected chi connectivity index (χ4v) is 5.30.